The molecule has 0 heterocycles. The van der Waals surface area contributed by atoms with Crippen LogP contribution in [0.2, 0.25) is 0 Å². The fraction of sp³-hybridized carbons (Fsp3) is 0.588. The predicted molar refractivity (Wildman–Crippen MR) is 81.3 cm³/mol. The van der Waals surface area contributed by atoms with E-state index in [-0.39, 0.29) is 12.0 Å². The Morgan fingerprint density at radius 2 is 1.80 bits per heavy atom. The number of carbonyl (C=O) groups is 1. The van der Waals surface area contributed by atoms with E-state index < -0.39 is 11.4 Å². The zero-order chi connectivity index (χ0) is 15.3. The van der Waals surface area contributed by atoms with Gasteiger partial charge in [-0.25, -0.2) is 0 Å². The van der Waals surface area contributed by atoms with E-state index in [9.17, 15) is 9.90 Å². The summed E-state index contributed by atoms with van der Waals surface area (Å²) in [5.41, 5.74) is 0.494. The molecule has 0 aliphatic heterocycles. The summed E-state index contributed by atoms with van der Waals surface area (Å²) in [6.45, 7) is 9.82. The van der Waals surface area contributed by atoms with E-state index in [1.165, 1.54) is 0 Å². The monoisotopic (exact) mass is 278 g/mol. The van der Waals surface area contributed by atoms with E-state index in [0.717, 1.165) is 11.3 Å². The van der Waals surface area contributed by atoms with Gasteiger partial charge in [-0.1, -0.05) is 26.0 Å². The van der Waals surface area contributed by atoms with Gasteiger partial charge in [0.05, 0.1) is 11.5 Å². The normalized spacial score (nSPS) is 15.7. The molecule has 0 aromatic heterocycles. The van der Waals surface area contributed by atoms with Crippen LogP contribution in [0.5, 0.6) is 5.75 Å². The molecule has 0 bridgehead atoms. The Hall–Kier alpha value is -1.51. The third kappa shape index (κ3) is 4.26. The molecule has 1 aromatic rings. The summed E-state index contributed by atoms with van der Waals surface area (Å²) in [6.07, 6.45) is 1.44. The average Bonchev–Trinajstić information content (AvgIpc) is 2.38. The van der Waals surface area contributed by atoms with Gasteiger partial charge in [0.15, 0.2) is 0 Å². The molecular weight excluding hydrogens is 252 g/mol. The zero-order valence-electron chi connectivity index (χ0n) is 13.1. The highest BCUT2D eigenvalue weighted by molar-refractivity contribution is 5.74. The molecule has 2 unspecified atom stereocenters. The Labute approximate surface area is 122 Å². The molecule has 2 atom stereocenters. The van der Waals surface area contributed by atoms with Crippen molar-refractivity contribution < 1.29 is 14.6 Å². The van der Waals surface area contributed by atoms with Crippen LogP contribution < -0.4 is 4.74 Å². The highest BCUT2D eigenvalue weighted by Crippen LogP contribution is 2.35. The van der Waals surface area contributed by atoms with E-state index in [0.29, 0.717) is 12.8 Å². The third-order valence-electron chi connectivity index (χ3n) is 3.87. The van der Waals surface area contributed by atoms with E-state index in [1.54, 1.807) is 0 Å². The summed E-state index contributed by atoms with van der Waals surface area (Å²) in [4.78, 5) is 11.4. The van der Waals surface area contributed by atoms with E-state index >= 15 is 0 Å². The molecule has 1 N–H and O–H groups in total. The largest absolute Gasteiger partial charge is 0.491 e. The number of rotatable bonds is 7. The lowest BCUT2D eigenvalue weighted by Gasteiger charge is -2.27. The van der Waals surface area contributed by atoms with Crippen LogP contribution in [0.1, 0.15) is 58.9 Å². The van der Waals surface area contributed by atoms with E-state index in [1.807, 2.05) is 52.0 Å². The maximum absolute atomic E-state index is 11.4. The Bertz CT molecular complexity index is 436. The van der Waals surface area contributed by atoms with Gasteiger partial charge < -0.3 is 9.84 Å². The number of ether oxygens (including phenoxy) is 1. The van der Waals surface area contributed by atoms with Crippen LogP contribution in [-0.4, -0.2) is 17.2 Å². The van der Waals surface area contributed by atoms with Crippen molar-refractivity contribution >= 4 is 5.97 Å². The first-order chi connectivity index (χ1) is 9.28. The summed E-state index contributed by atoms with van der Waals surface area (Å²) in [6, 6.07) is 7.96. The fourth-order valence-corrected chi connectivity index (χ4v) is 2.32. The van der Waals surface area contributed by atoms with E-state index in [4.69, 9.17) is 4.74 Å². The number of hydrogen-bond donors (Lipinski definition) is 1. The molecule has 0 aliphatic carbocycles. The summed E-state index contributed by atoms with van der Waals surface area (Å²) in [7, 11) is 0. The van der Waals surface area contributed by atoms with Gasteiger partial charge in [0, 0.05) is 0 Å². The van der Waals surface area contributed by atoms with Gasteiger partial charge >= 0.3 is 5.97 Å². The van der Waals surface area contributed by atoms with Crippen molar-refractivity contribution in [1.29, 1.82) is 0 Å². The lowest BCUT2D eigenvalue weighted by atomic mass is 9.77. The topological polar surface area (TPSA) is 46.5 Å². The van der Waals surface area contributed by atoms with Crippen LogP contribution in [0, 0.1) is 5.41 Å². The molecule has 20 heavy (non-hydrogen) atoms. The van der Waals surface area contributed by atoms with Gasteiger partial charge in [0.1, 0.15) is 5.75 Å². The summed E-state index contributed by atoms with van der Waals surface area (Å²) in [5.74, 6) is 0.350. The van der Waals surface area contributed by atoms with Crippen LogP contribution in [0.15, 0.2) is 24.3 Å². The van der Waals surface area contributed by atoms with Crippen molar-refractivity contribution in [1.82, 2.24) is 0 Å². The first kappa shape index (κ1) is 16.5. The molecule has 0 saturated heterocycles. The minimum Gasteiger partial charge on any atom is -0.491 e. The van der Waals surface area contributed by atoms with Crippen LogP contribution in [0.25, 0.3) is 0 Å². The third-order valence-corrected chi connectivity index (χ3v) is 3.87. The summed E-state index contributed by atoms with van der Waals surface area (Å²) < 4.78 is 5.62. The molecule has 3 nitrogen and oxygen atoms in total. The lowest BCUT2D eigenvalue weighted by molar-refractivity contribution is -0.148. The Morgan fingerprint density at radius 3 is 2.20 bits per heavy atom. The fourth-order valence-electron chi connectivity index (χ4n) is 2.32. The van der Waals surface area contributed by atoms with Crippen molar-refractivity contribution in [3.63, 3.8) is 0 Å². The van der Waals surface area contributed by atoms with Crippen molar-refractivity contribution in [3.8, 4) is 5.75 Å². The van der Waals surface area contributed by atoms with Gasteiger partial charge in [-0.3, -0.25) is 4.79 Å². The number of hydrogen-bond acceptors (Lipinski definition) is 2. The molecule has 0 radical (unpaired) electrons. The van der Waals surface area contributed by atoms with Crippen molar-refractivity contribution in [2.75, 3.05) is 0 Å². The number of carboxylic acids is 1. The number of aliphatic carboxylic acids is 1. The Balaban J connectivity index is 2.77. The van der Waals surface area contributed by atoms with E-state index in [2.05, 4.69) is 6.92 Å². The van der Waals surface area contributed by atoms with Crippen LogP contribution in [-0.2, 0) is 4.79 Å². The number of benzene rings is 1. The molecule has 1 aromatic carbocycles. The SMILES string of the molecule is CCC(C)(CC(C)c1ccc(OC(C)C)cc1)C(=O)O. The minimum atomic E-state index is -0.716. The first-order valence-electron chi connectivity index (χ1n) is 7.28. The maximum Gasteiger partial charge on any atom is 0.309 e. The predicted octanol–water partition coefficient (Wildman–Crippen LogP) is 4.47. The van der Waals surface area contributed by atoms with Gasteiger partial charge in [-0.15, -0.1) is 0 Å². The molecule has 1 rings (SSSR count). The molecule has 112 valence electrons. The van der Waals surface area contributed by atoms with Crippen LogP contribution >= 0.6 is 0 Å². The van der Waals surface area contributed by atoms with Crippen LogP contribution in [0.4, 0.5) is 0 Å². The van der Waals surface area contributed by atoms with Crippen molar-refractivity contribution in [3.05, 3.63) is 29.8 Å². The zero-order valence-corrected chi connectivity index (χ0v) is 13.1. The van der Waals surface area contributed by atoms with Gasteiger partial charge in [-0.05, 0) is 57.2 Å². The Kier molecular flexibility index (Phi) is 5.61. The van der Waals surface area contributed by atoms with Crippen molar-refractivity contribution in [2.24, 2.45) is 5.41 Å². The van der Waals surface area contributed by atoms with Gasteiger partial charge in [0.2, 0.25) is 0 Å². The first-order valence-corrected chi connectivity index (χ1v) is 7.28. The highest BCUT2D eigenvalue weighted by Gasteiger charge is 2.33. The lowest BCUT2D eigenvalue weighted by Crippen LogP contribution is -2.28. The Morgan fingerprint density at radius 1 is 1.25 bits per heavy atom. The molecule has 0 saturated carbocycles. The number of carboxylic acid groups (broad SMARTS) is 1. The smallest absolute Gasteiger partial charge is 0.309 e. The highest BCUT2D eigenvalue weighted by atomic mass is 16.5. The quantitative estimate of drug-likeness (QED) is 0.800. The second kappa shape index (κ2) is 6.78. The second-order valence-electron chi connectivity index (χ2n) is 6.06. The summed E-state index contributed by atoms with van der Waals surface area (Å²) >= 11 is 0. The van der Waals surface area contributed by atoms with Crippen LogP contribution in [0.3, 0.4) is 0 Å². The minimum absolute atomic E-state index is 0.161. The van der Waals surface area contributed by atoms with Gasteiger partial charge in [-0.2, -0.15) is 0 Å². The van der Waals surface area contributed by atoms with Gasteiger partial charge in [0.25, 0.3) is 0 Å². The molecular formula is C17H26O3. The molecule has 0 fully saturated rings. The average molecular weight is 278 g/mol. The maximum atomic E-state index is 11.4. The van der Waals surface area contributed by atoms with Crippen molar-refractivity contribution in [2.45, 2.75) is 59.5 Å². The molecule has 0 amide bonds. The second-order valence-corrected chi connectivity index (χ2v) is 6.06. The molecule has 0 aliphatic rings. The molecule has 3 heteroatoms. The summed E-state index contributed by atoms with van der Waals surface area (Å²) in [5, 5.41) is 9.35. The molecule has 0 spiro atoms. The standard InChI is InChI=1S/C17H26O3/c1-6-17(5,16(18)19)11-13(4)14-7-9-15(10-8-14)20-12(2)3/h7-10,12-13H,6,11H2,1-5H3,(H,18,19).